The lowest BCUT2D eigenvalue weighted by molar-refractivity contribution is -0.120. The smallest absolute Gasteiger partial charge is 0.211 e. The highest BCUT2D eigenvalue weighted by atomic mass is 19.2. The van der Waals surface area contributed by atoms with Crippen molar-refractivity contribution in [3.8, 4) is 0 Å². The largest absolute Gasteiger partial charge is 0.296 e. The molecule has 4 heteroatoms. The molecular formula is C5H5F3O. The summed E-state index contributed by atoms with van der Waals surface area (Å²) in [4.78, 5) is 9.92. The maximum atomic E-state index is 11.9. The molecule has 0 heterocycles. The first kappa shape index (κ1) is 8.20. The molecule has 1 nitrogen and oxygen atoms in total. The molecule has 0 spiro atoms. The summed E-state index contributed by atoms with van der Waals surface area (Å²) in [5.74, 6) is -2.72. The minimum absolute atomic E-state index is 0.563. The van der Waals surface area contributed by atoms with Crippen LogP contribution in [0.15, 0.2) is 12.2 Å². The van der Waals surface area contributed by atoms with E-state index in [1.165, 1.54) is 0 Å². The number of rotatable bonds is 2. The molecule has 9 heavy (non-hydrogen) atoms. The number of carbonyl (C=O) groups is 1. The summed E-state index contributed by atoms with van der Waals surface area (Å²) >= 11 is 0. The minimum Gasteiger partial charge on any atom is -0.296 e. The van der Waals surface area contributed by atoms with Crippen LogP contribution in [-0.2, 0) is 4.79 Å². The minimum atomic E-state index is -2.44. The molecule has 0 rings (SSSR count). The third-order valence-corrected chi connectivity index (χ3v) is 0.703. The molecule has 0 saturated carbocycles. The van der Waals surface area contributed by atoms with Crippen LogP contribution in [0, 0.1) is 0 Å². The number of hydrogen-bond acceptors (Lipinski definition) is 1. The van der Waals surface area contributed by atoms with Crippen molar-refractivity contribution >= 4 is 5.78 Å². The molecule has 0 aliphatic carbocycles. The van der Waals surface area contributed by atoms with E-state index in [1.807, 2.05) is 0 Å². The first-order valence-electron chi connectivity index (χ1n) is 2.20. The summed E-state index contributed by atoms with van der Waals surface area (Å²) in [7, 11) is 0. The van der Waals surface area contributed by atoms with Crippen LogP contribution >= 0.6 is 0 Å². The average molecular weight is 138 g/mol. The summed E-state index contributed by atoms with van der Waals surface area (Å²) in [5, 5.41) is 0. The van der Waals surface area contributed by atoms with Crippen molar-refractivity contribution in [2.75, 3.05) is 0 Å². The Kier molecular flexibility index (Phi) is 2.98. The van der Waals surface area contributed by atoms with Crippen molar-refractivity contribution in [2.24, 2.45) is 0 Å². The number of Topliss-reactive ketones (excluding diaryl/α,β-unsaturated/α-hetero) is 1. The molecule has 0 fully saturated rings. The fraction of sp³-hybridized carbons (Fsp3) is 0.400. The second-order valence-corrected chi connectivity index (χ2v) is 1.47. The van der Waals surface area contributed by atoms with E-state index in [-0.39, 0.29) is 0 Å². The second kappa shape index (κ2) is 3.27. The quantitative estimate of drug-likeness (QED) is 0.567. The lowest BCUT2D eigenvalue weighted by Crippen LogP contribution is -2.11. The van der Waals surface area contributed by atoms with Crippen molar-refractivity contribution < 1.29 is 18.0 Å². The average Bonchev–Trinajstić information content (AvgIpc) is 1.84. The van der Waals surface area contributed by atoms with Gasteiger partial charge in [-0.3, -0.25) is 4.79 Å². The highest BCUT2D eigenvalue weighted by Crippen LogP contribution is 2.08. The number of carbonyl (C=O) groups excluding carboxylic acids is 1. The molecule has 0 aromatic carbocycles. The van der Waals surface area contributed by atoms with Crippen LogP contribution in [0.2, 0.25) is 0 Å². The van der Waals surface area contributed by atoms with Gasteiger partial charge in [0.2, 0.25) is 6.17 Å². The zero-order valence-electron chi connectivity index (χ0n) is 4.70. The Morgan fingerprint density at radius 1 is 1.67 bits per heavy atom. The van der Waals surface area contributed by atoms with E-state index in [2.05, 4.69) is 0 Å². The van der Waals surface area contributed by atoms with Crippen LogP contribution in [-0.4, -0.2) is 12.0 Å². The highest BCUT2D eigenvalue weighted by molar-refractivity contribution is 5.82. The fourth-order valence-electron chi connectivity index (χ4n) is 0.249. The zero-order valence-corrected chi connectivity index (χ0v) is 4.70. The van der Waals surface area contributed by atoms with Crippen molar-refractivity contribution in [2.45, 2.75) is 13.1 Å². The van der Waals surface area contributed by atoms with E-state index < -0.39 is 24.1 Å². The molecule has 0 amide bonds. The Hall–Kier alpha value is -0.800. The van der Waals surface area contributed by atoms with E-state index in [0.29, 0.717) is 0 Å². The Bertz CT molecular complexity index is 141. The van der Waals surface area contributed by atoms with Gasteiger partial charge in [-0.05, 0) is 6.92 Å². The molecule has 0 radical (unpaired) electrons. The standard InChI is InChI=1S/C5H5F3O/c1-3(9)5(8)4(7)2-6/h2,5H,1H3. The van der Waals surface area contributed by atoms with Crippen molar-refractivity contribution in [3.05, 3.63) is 12.2 Å². The molecule has 0 aliphatic heterocycles. The Balaban J connectivity index is 4.04. The van der Waals surface area contributed by atoms with Gasteiger partial charge < -0.3 is 0 Å². The van der Waals surface area contributed by atoms with Gasteiger partial charge in [-0.2, -0.15) is 0 Å². The summed E-state index contributed by atoms with van der Waals surface area (Å²) in [6, 6.07) is 0. The van der Waals surface area contributed by atoms with Gasteiger partial charge in [0, 0.05) is 0 Å². The van der Waals surface area contributed by atoms with Gasteiger partial charge in [-0.25, -0.2) is 13.2 Å². The van der Waals surface area contributed by atoms with Gasteiger partial charge in [0.15, 0.2) is 11.6 Å². The van der Waals surface area contributed by atoms with Crippen LogP contribution in [0.25, 0.3) is 0 Å². The Morgan fingerprint density at radius 2 is 2.11 bits per heavy atom. The SMILES string of the molecule is CC(=O)C(F)C(F)=CF. The molecule has 1 atom stereocenters. The number of alkyl halides is 1. The molecule has 0 bridgehead atoms. The van der Waals surface area contributed by atoms with Crippen LogP contribution in [0.4, 0.5) is 13.2 Å². The molecule has 0 aromatic heterocycles. The predicted molar refractivity (Wildman–Crippen MR) is 25.9 cm³/mol. The summed E-state index contributed by atoms with van der Waals surface area (Å²) in [5.41, 5.74) is 0. The van der Waals surface area contributed by atoms with Crippen LogP contribution < -0.4 is 0 Å². The number of allylic oxidation sites excluding steroid dienone is 1. The number of ketones is 1. The van der Waals surface area contributed by atoms with E-state index in [4.69, 9.17) is 0 Å². The molecule has 0 N–H and O–H groups in total. The van der Waals surface area contributed by atoms with Crippen molar-refractivity contribution in [1.29, 1.82) is 0 Å². The normalized spacial score (nSPS) is 15.3. The van der Waals surface area contributed by atoms with Crippen LogP contribution in [0.1, 0.15) is 6.92 Å². The Morgan fingerprint density at radius 3 is 2.22 bits per heavy atom. The molecule has 0 aromatic rings. The first-order chi connectivity index (χ1) is 4.09. The van der Waals surface area contributed by atoms with Crippen LogP contribution in [0.3, 0.4) is 0 Å². The van der Waals surface area contributed by atoms with E-state index in [1.54, 1.807) is 0 Å². The third kappa shape index (κ3) is 2.30. The second-order valence-electron chi connectivity index (χ2n) is 1.47. The highest BCUT2D eigenvalue weighted by Gasteiger charge is 2.17. The van der Waals surface area contributed by atoms with Gasteiger partial charge in [0.25, 0.3) is 0 Å². The number of halogens is 3. The first-order valence-corrected chi connectivity index (χ1v) is 2.20. The summed E-state index contributed by atoms with van der Waals surface area (Å²) in [6.07, 6.45) is -3.00. The predicted octanol–water partition coefficient (Wildman–Crippen LogP) is 1.69. The maximum Gasteiger partial charge on any atom is 0.211 e. The van der Waals surface area contributed by atoms with E-state index in [9.17, 15) is 18.0 Å². The molecule has 1 unspecified atom stereocenters. The van der Waals surface area contributed by atoms with E-state index >= 15 is 0 Å². The van der Waals surface area contributed by atoms with Gasteiger partial charge >= 0.3 is 0 Å². The lowest BCUT2D eigenvalue weighted by Gasteiger charge is -1.95. The molecule has 52 valence electrons. The van der Waals surface area contributed by atoms with Crippen LogP contribution in [0.5, 0.6) is 0 Å². The summed E-state index contributed by atoms with van der Waals surface area (Å²) in [6.45, 7) is 0.841. The molecular weight excluding hydrogens is 133 g/mol. The van der Waals surface area contributed by atoms with Crippen molar-refractivity contribution in [1.82, 2.24) is 0 Å². The molecule has 0 saturated heterocycles. The van der Waals surface area contributed by atoms with Gasteiger partial charge in [-0.15, -0.1) is 0 Å². The molecule has 0 aliphatic rings. The monoisotopic (exact) mass is 138 g/mol. The van der Waals surface area contributed by atoms with Gasteiger partial charge in [-0.1, -0.05) is 0 Å². The Labute approximate surface area is 50.2 Å². The van der Waals surface area contributed by atoms with Crippen molar-refractivity contribution in [3.63, 3.8) is 0 Å². The number of hydrogen-bond donors (Lipinski definition) is 0. The van der Waals surface area contributed by atoms with E-state index in [0.717, 1.165) is 6.92 Å². The van der Waals surface area contributed by atoms with Gasteiger partial charge in [0.1, 0.15) is 6.33 Å². The maximum absolute atomic E-state index is 11.9. The zero-order chi connectivity index (χ0) is 7.44. The van der Waals surface area contributed by atoms with Gasteiger partial charge in [0.05, 0.1) is 0 Å². The third-order valence-electron chi connectivity index (χ3n) is 0.703. The fourth-order valence-corrected chi connectivity index (χ4v) is 0.249. The summed E-state index contributed by atoms with van der Waals surface area (Å²) < 4.78 is 34.6. The topological polar surface area (TPSA) is 17.1 Å². The lowest BCUT2D eigenvalue weighted by atomic mass is 10.3.